The Morgan fingerprint density at radius 1 is 0.432 bits per heavy atom. The molecule has 0 amide bonds. The molecule has 2 aliphatic rings. The number of hydrogen-bond donors (Lipinski definition) is 0. The van der Waals surface area contributed by atoms with E-state index in [1.807, 2.05) is 0 Å². The van der Waals surface area contributed by atoms with E-state index in [9.17, 15) is 0 Å². The van der Waals surface area contributed by atoms with E-state index >= 15 is 0 Å². The molecule has 0 aromatic heterocycles. The first-order chi connectivity index (χ1) is 18.3. The summed E-state index contributed by atoms with van der Waals surface area (Å²) in [6, 6.07) is 55.6. The van der Waals surface area contributed by atoms with Crippen molar-refractivity contribution in [2.45, 2.75) is 13.1 Å². The molecule has 0 N–H and O–H groups in total. The molecule has 4 aromatic rings. The summed E-state index contributed by atoms with van der Waals surface area (Å²) >= 11 is 0. The molecular formula is C36H30P+. The number of fused-ring (bicyclic) bond motifs is 1. The van der Waals surface area contributed by atoms with Crippen LogP contribution >= 0.6 is 7.26 Å². The second-order valence-corrected chi connectivity index (χ2v) is 13.0. The fourth-order valence-electron chi connectivity index (χ4n) is 5.74. The predicted molar refractivity (Wildman–Crippen MR) is 162 cm³/mol. The van der Waals surface area contributed by atoms with Gasteiger partial charge in [0.15, 0.2) is 0 Å². The van der Waals surface area contributed by atoms with Gasteiger partial charge in [-0.05, 0) is 71.1 Å². The second-order valence-electron chi connectivity index (χ2n) is 9.56. The summed E-state index contributed by atoms with van der Waals surface area (Å²) in [6.45, 7) is 2.32. The van der Waals surface area contributed by atoms with Gasteiger partial charge in [-0.1, -0.05) is 115 Å². The summed E-state index contributed by atoms with van der Waals surface area (Å²) in [5.41, 5.74) is 8.17. The zero-order valence-electron chi connectivity index (χ0n) is 21.1. The first kappa shape index (κ1) is 23.4. The molecule has 37 heavy (non-hydrogen) atoms. The summed E-state index contributed by atoms with van der Waals surface area (Å²) in [6.07, 6.45) is 0.972. The summed E-state index contributed by atoms with van der Waals surface area (Å²) in [5, 5.41) is 4.25. The SMILES string of the molecule is Cc1c2cccccc-2c(-c2ccccc2)c1C[P+](c1ccccc1)(c1ccccc1)c1ccccc1. The van der Waals surface area contributed by atoms with Gasteiger partial charge in [0.05, 0.1) is 6.16 Å². The standard InChI is InChI=1S/C36H30P/c1-28-33-25-15-6-16-26-34(33)36(29-17-7-2-8-18-29)35(28)27-37(30-19-9-3-10-20-30,31-21-11-4-12-22-31)32-23-13-5-14-24-32/h2-26H,27H2,1H3/q+1. The van der Waals surface area contributed by atoms with Gasteiger partial charge in [-0.2, -0.15) is 0 Å². The minimum atomic E-state index is -2.02. The second kappa shape index (κ2) is 10.2. The molecule has 0 saturated carbocycles. The Labute approximate surface area is 221 Å². The Bertz CT molecular complexity index is 1480. The molecule has 0 aliphatic heterocycles. The maximum absolute atomic E-state index is 2.34. The van der Waals surface area contributed by atoms with Gasteiger partial charge in [0, 0.05) is 5.56 Å². The molecule has 4 aromatic carbocycles. The lowest BCUT2D eigenvalue weighted by molar-refractivity contribution is 1.35. The molecule has 1 heteroatoms. The van der Waals surface area contributed by atoms with Gasteiger partial charge in [0.1, 0.15) is 23.2 Å². The molecule has 0 atom stereocenters. The Hall–Kier alpha value is -3.99. The average Bonchev–Trinajstić information content (AvgIpc) is 3.10. The van der Waals surface area contributed by atoms with Crippen molar-refractivity contribution in [2.24, 2.45) is 0 Å². The van der Waals surface area contributed by atoms with Crippen LogP contribution in [-0.4, -0.2) is 0 Å². The molecule has 2 aliphatic carbocycles. The summed E-state index contributed by atoms with van der Waals surface area (Å²) in [7, 11) is -2.02. The van der Waals surface area contributed by atoms with Gasteiger partial charge >= 0.3 is 0 Å². The fourth-order valence-corrected chi connectivity index (χ4v) is 10.1. The highest BCUT2D eigenvalue weighted by atomic mass is 31.2. The molecule has 0 bridgehead atoms. The fraction of sp³-hybridized carbons (Fsp3) is 0.0556. The lowest BCUT2D eigenvalue weighted by Crippen LogP contribution is -2.32. The lowest BCUT2D eigenvalue weighted by atomic mass is 10.0. The van der Waals surface area contributed by atoms with Crippen LogP contribution in [0.1, 0.15) is 11.1 Å². The number of hydrogen-bond acceptors (Lipinski definition) is 0. The van der Waals surface area contributed by atoms with Crippen molar-refractivity contribution >= 4 is 23.2 Å². The first-order valence-electron chi connectivity index (χ1n) is 12.9. The lowest BCUT2D eigenvalue weighted by Gasteiger charge is -2.28. The zero-order chi connectivity index (χ0) is 25.1. The number of rotatable bonds is 6. The van der Waals surface area contributed by atoms with Crippen LogP contribution in [0.3, 0.4) is 0 Å². The van der Waals surface area contributed by atoms with Crippen molar-refractivity contribution in [1.82, 2.24) is 0 Å². The van der Waals surface area contributed by atoms with E-state index in [2.05, 4.69) is 159 Å². The van der Waals surface area contributed by atoms with Gasteiger partial charge in [-0.15, -0.1) is 0 Å². The van der Waals surface area contributed by atoms with Crippen LogP contribution in [0.15, 0.2) is 152 Å². The van der Waals surface area contributed by atoms with Gasteiger partial charge in [-0.3, -0.25) is 0 Å². The monoisotopic (exact) mass is 493 g/mol. The molecule has 0 fully saturated rings. The van der Waals surface area contributed by atoms with Crippen LogP contribution in [0.4, 0.5) is 0 Å². The van der Waals surface area contributed by atoms with Gasteiger partial charge in [0.25, 0.3) is 0 Å². The van der Waals surface area contributed by atoms with E-state index in [1.54, 1.807) is 0 Å². The predicted octanol–water partition coefficient (Wildman–Crippen LogP) is 8.26. The summed E-state index contributed by atoms with van der Waals surface area (Å²) in [4.78, 5) is 0. The van der Waals surface area contributed by atoms with E-state index in [-0.39, 0.29) is 0 Å². The maximum Gasteiger partial charge on any atom is 0.116 e. The molecule has 0 nitrogen and oxygen atoms in total. The minimum Gasteiger partial charge on any atom is -0.0622 e. The van der Waals surface area contributed by atoms with Gasteiger partial charge in [0.2, 0.25) is 0 Å². The largest absolute Gasteiger partial charge is 0.116 e. The van der Waals surface area contributed by atoms with Crippen LogP contribution in [0.2, 0.25) is 0 Å². The molecule has 0 radical (unpaired) electrons. The zero-order valence-corrected chi connectivity index (χ0v) is 22.0. The van der Waals surface area contributed by atoms with E-state index < -0.39 is 7.26 Å². The first-order valence-corrected chi connectivity index (χ1v) is 14.9. The maximum atomic E-state index is 2.34. The van der Waals surface area contributed by atoms with Crippen LogP contribution in [-0.2, 0) is 6.16 Å². The number of benzene rings is 4. The Morgan fingerprint density at radius 3 is 1.27 bits per heavy atom. The van der Waals surface area contributed by atoms with E-state index in [0.717, 1.165) is 6.16 Å². The van der Waals surface area contributed by atoms with Crippen LogP contribution in [0, 0.1) is 6.92 Å². The van der Waals surface area contributed by atoms with Crippen molar-refractivity contribution in [1.29, 1.82) is 0 Å². The highest BCUT2D eigenvalue weighted by molar-refractivity contribution is 7.95. The van der Waals surface area contributed by atoms with Crippen molar-refractivity contribution in [3.63, 3.8) is 0 Å². The smallest absolute Gasteiger partial charge is 0.0622 e. The van der Waals surface area contributed by atoms with Crippen molar-refractivity contribution in [3.8, 4) is 22.3 Å². The van der Waals surface area contributed by atoms with Crippen molar-refractivity contribution < 1.29 is 0 Å². The third-order valence-corrected chi connectivity index (χ3v) is 11.8. The summed E-state index contributed by atoms with van der Waals surface area (Å²) < 4.78 is 0. The molecule has 0 heterocycles. The molecule has 6 rings (SSSR count). The Morgan fingerprint density at radius 2 is 0.811 bits per heavy atom. The Kier molecular flexibility index (Phi) is 6.44. The molecule has 0 unspecified atom stereocenters. The quantitative estimate of drug-likeness (QED) is 0.205. The van der Waals surface area contributed by atoms with E-state index in [4.69, 9.17) is 0 Å². The minimum absolute atomic E-state index is 0.972. The average molecular weight is 494 g/mol. The topological polar surface area (TPSA) is 0 Å². The van der Waals surface area contributed by atoms with Crippen molar-refractivity contribution in [2.75, 3.05) is 0 Å². The molecule has 0 saturated heterocycles. The van der Waals surface area contributed by atoms with E-state index in [1.165, 1.54) is 49.3 Å². The molecule has 0 spiro atoms. The molecule has 178 valence electrons. The third kappa shape index (κ3) is 4.18. The highest BCUT2D eigenvalue weighted by Crippen LogP contribution is 2.60. The van der Waals surface area contributed by atoms with Crippen molar-refractivity contribution in [3.05, 3.63) is 163 Å². The molecular weight excluding hydrogens is 463 g/mol. The summed E-state index contributed by atoms with van der Waals surface area (Å²) in [5.74, 6) is 0. The highest BCUT2D eigenvalue weighted by Gasteiger charge is 2.46. The van der Waals surface area contributed by atoms with Crippen LogP contribution in [0.25, 0.3) is 22.3 Å². The van der Waals surface area contributed by atoms with Gasteiger partial charge in [-0.25, -0.2) is 0 Å². The Balaban J connectivity index is 1.71. The normalized spacial score (nSPS) is 11.5. The van der Waals surface area contributed by atoms with Gasteiger partial charge < -0.3 is 0 Å². The van der Waals surface area contributed by atoms with Crippen LogP contribution in [0.5, 0.6) is 0 Å². The van der Waals surface area contributed by atoms with Crippen LogP contribution < -0.4 is 15.9 Å². The van der Waals surface area contributed by atoms with E-state index in [0.29, 0.717) is 0 Å². The third-order valence-electron chi connectivity index (χ3n) is 7.51.